The molecule has 0 bridgehead atoms. The van der Waals surface area contributed by atoms with Gasteiger partial charge in [-0.25, -0.2) is 0 Å². The van der Waals surface area contributed by atoms with Crippen LogP contribution >= 0.6 is 11.6 Å². The van der Waals surface area contributed by atoms with Crippen LogP contribution in [0.5, 0.6) is 0 Å². The molecular weight excluding hydrogens is 274 g/mol. The van der Waals surface area contributed by atoms with Crippen LogP contribution in [-0.2, 0) is 11.3 Å². The highest BCUT2D eigenvalue weighted by Crippen LogP contribution is 2.30. The second-order valence-corrected chi connectivity index (χ2v) is 6.33. The fraction of sp³-hybridized carbons (Fsp3) is 0.467. The highest BCUT2D eigenvalue weighted by Gasteiger charge is 2.47. The molecule has 4 nitrogen and oxygen atoms in total. The maximum Gasteiger partial charge on any atom is 0.252 e. The number of halogens is 1. The van der Waals surface area contributed by atoms with Crippen LogP contribution in [0.3, 0.4) is 0 Å². The van der Waals surface area contributed by atoms with Gasteiger partial charge < -0.3 is 4.90 Å². The van der Waals surface area contributed by atoms with E-state index in [9.17, 15) is 4.79 Å². The lowest BCUT2D eigenvalue weighted by atomic mass is 9.89. The first-order valence-electron chi connectivity index (χ1n) is 6.75. The van der Waals surface area contributed by atoms with E-state index < -0.39 is 5.54 Å². The minimum absolute atomic E-state index is 0.0989. The molecule has 0 aromatic heterocycles. The Bertz CT molecular complexity index is 544. The molecule has 5 heteroatoms. The van der Waals surface area contributed by atoms with Gasteiger partial charge in [0, 0.05) is 11.6 Å². The monoisotopic (exact) mass is 293 g/mol. The number of hydrogen-bond donors (Lipinski definition) is 2. The van der Waals surface area contributed by atoms with Gasteiger partial charge in [0.05, 0.1) is 0 Å². The van der Waals surface area contributed by atoms with Crippen molar-refractivity contribution in [1.82, 2.24) is 10.2 Å². The van der Waals surface area contributed by atoms with E-state index >= 15 is 0 Å². The zero-order valence-electron chi connectivity index (χ0n) is 12.0. The summed E-state index contributed by atoms with van der Waals surface area (Å²) in [6, 6.07) is 7.52. The number of amides is 1. The molecule has 1 heterocycles. The number of nitrogens with zero attached hydrogens (tertiary/aromatic N) is 1. The van der Waals surface area contributed by atoms with Gasteiger partial charge in [0.15, 0.2) is 5.96 Å². The summed E-state index contributed by atoms with van der Waals surface area (Å²) < 4.78 is 0. The molecule has 1 fully saturated rings. The Morgan fingerprint density at radius 2 is 2.15 bits per heavy atom. The van der Waals surface area contributed by atoms with Crippen LogP contribution in [0.4, 0.5) is 0 Å². The molecule has 1 amide bonds. The van der Waals surface area contributed by atoms with Crippen molar-refractivity contribution >= 4 is 23.5 Å². The van der Waals surface area contributed by atoms with E-state index in [4.69, 9.17) is 17.0 Å². The van der Waals surface area contributed by atoms with E-state index in [0.29, 0.717) is 23.9 Å². The number of guanidine groups is 1. The van der Waals surface area contributed by atoms with Crippen LogP contribution in [-0.4, -0.2) is 22.3 Å². The molecular formula is C15H20ClN3O. The molecule has 2 rings (SSSR count). The van der Waals surface area contributed by atoms with Gasteiger partial charge in [-0.1, -0.05) is 37.6 Å². The lowest BCUT2D eigenvalue weighted by molar-refractivity contribution is -0.126. The van der Waals surface area contributed by atoms with Gasteiger partial charge in [0.25, 0.3) is 5.91 Å². The van der Waals surface area contributed by atoms with E-state index in [-0.39, 0.29) is 11.9 Å². The Morgan fingerprint density at radius 1 is 1.45 bits per heavy atom. The van der Waals surface area contributed by atoms with Crippen molar-refractivity contribution in [2.45, 2.75) is 39.3 Å². The van der Waals surface area contributed by atoms with Crippen molar-refractivity contribution in [2.75, 3.05) is 0 Å². The first kappa shape index (κ1) is 14.9. The standard InChI is InChI=1S/C15H20ClN3O/c1-10(2)8-15(3)13(20)18-14(17)19(15)9-11-5-4-6-12(16)7-11/h4-7,10H,8-9H2,1-3H3,(H2,17,18,20). The van der Waals surface area contributed by atoms with Crippen molar-refractivity contribution in [3.8, 4) is 0 Å². The topological polar surface area (TPSA) is 56.2 Å². The highest BCUT2D eigenvalue weighted by molar-refractivity contribution is 6.30. The summed E-state index contributed by atoms with van der Waals surface area (Å²) in [4.78, 5) is 14.0. The van der Waals surface area contributed by atoms with Crippen molar-refractivity contribution in [2.24, 2.45) is 5.92 Å². The van der Waals surface area contributed by atoms with Gasteiger partial charge in [0.2, 0.25) is 0 Å². The molecule has 1 aromatic carbocycles. The zero-order valence-corrected chi connectivity index (χ0v) is 12.8. The molecule has 0 aliphatic carbocycles. The largest absolute Gasteiger partial charge is 0.324 e. The Labute approximate surface area is 124 Å². The predicted octanol–water partition coefficient (Wildman–Crippen LogP) is 3.01. The predicted molar refractivity (Wildman–Crippen MR) is 80.7 cm³/mol. The number of benzene rings is 1. The Morgan fingerprint density at radius 3 is 2.75 bits per heavy atom. The molecule has 0 saturated carbocycles. The second kappa shape index (κ2) is 5.44. The summed E-state index contributed by atoms with van der Waals surface area (Å²) in [7, 11) is 0. The van der Waals surface area contributed by atoms with Gasteiger partial charge in [-0.05, 0) is 37.0 Å². The first-order chi connectivity index (χ1) is 9.33. The van der Waals surface area contributed by atoms with Crippen LogP contribution < -0.4 is 5.32 Å². The van der Waals surface area contributed by atoms with Crippen molar-refractivity contribution < 1.29 is 4.79 Å². The molecule has 20 heavy (non-hydrogen) atoms. The number of carbonyl (C=O) groups is 1. The normalized spacial score (nSPS) is 22.6. The maximum absolute atomic E-state index is 12.2. The molecule has 1 unspecified atom stereocenters. The molecule has 1 aliphatic heterocycles. The quantitative estimate of drug-likeness (QED) is 0.896. The third-order valence-electron chi connectivity index (χ3n) is 3.62. The minimum Gasteiger partial charge on any atom is -0.324 e. The van der Waals surface area contributed by atoms with E-state index in [1.165, 1.54) is 0 Å². The number of carbonyl (C=O) groups excluding carboxylic acids is 1. The van der Waals surface area contributed by atoms with E-state index in [0.717, 1.165) is 5.56 Å². The van der Waals surface area contributed by atoms with Crippen LogP contribution in [0.2, 0.25) is 5.02 Å². The molecule has 0 spiro atoms. The molecule has 1 aliphatic rings. The van der Waals surface area contributed by atoms with E-state index in [1.807, 2.05) is 36.1 Å². The van der Waals surface area contributed by atoms with Crippen molar-refractivity contribution in [3.63, 3.8) is 0 Å². The number of nitrogens with one attached hydrogen (secondary N) is 2. The summed E-state index contributed by atoms with van der Waals surface area (Å²) in [5.74, 6) is 0.440. The van der Waals surface area contributed by atoms with E-state index in [1.54, 1.807) is 0 Å². The average molecular weight is 294 g/mol. The molecule has 1 saturated heterocycles. The summed E-state index contributed by atoms with van der Waals surface area (Å²) in [5, 5.41) is 11.3. The minimum atomic E-state index is -0.673. The van der Waals surface area contributed by atoms with Crippen LogP contribution in [0.1, 0.15) is 32.8 Å². The van der Waals surface area contributed by atoms with Crippen LogP contribution in [0, 0.1) is 11.3 Å². The Kier molecular flexibility index (Phi) is 4.04. The third kappa shape index (κ3) is 2.80. The number of hydrogen-bond acceptors (Lipinski definition) is 2. The summed E-state index contributed by atoms with van der Waals surface area (Å²) >= 11 is 6.00. The van der Waals surface area contributed by atoms with Gasteiger partial charge in [-0.15, -0.1) is 0 Å². The zero-order chi connectivity index (χ0) is 14.9. The van der Waals surface area contributed by atoms with Crippen molar-refractivity contribution in [3.05, 3.63) is 34.9 Å². The van der Waals surface area contributed by atoms with E-state index in [2.05, 4.69) is 19.2 Å². The van der Waals surface area contributed by atoms with Gasteiger partial charge in [-0.2, -0.15) is 0 Å². The highest BCUT2D eigenvalue weighted by atomic mass is 35.5. The van der Waals surface area contributed by atoms with Gasteiger partial charge >= 0.3 is 0 Å². The van der Waals surface area contributed by atoms with Crippen LogP contribution in [0.25, 0.3) is 0 Å². The molecule has 0 radical (unpaired) electrons. The lowest BCUT2D eigenvalue weighted by Gasteiger charge is -2.34. The maximum atomic E-state index is 12.2. The summed E-state index contributed by atoms with van der Waals surface area (Å²) in [6.45, 7) is 6.56. The second-order valence-electron chi connectivity index (χ2n) is 5.89. The van der Waals surface area contributed by atoms with Gasteiger partial charge in [0.1, 0.15) is 5.54 Å². The fourth-order valence-electron chi connectivity index (χ4n) is 2.75. The SMILES string of the molecule is CC(C)CC1(C)C(=O)NC(=N)N1Cc1cccc(Cl)c1. The van der Waals surface area contributed by atoms with Crippen molar-refractivity contribution in [1.29, 1.82) is 5.41 Å². The Hall–Kier alpha value is -1.55. The average Bonchev–Trinajstić information content (AvgIpc) is 2.52. The lowest BCUT2D eigenvalue weighted by Crippen LogP contribution is -2.47. The third-order valence-corrected chi connectivity index (χ3v) is 3.86. The summed E-state index contributed by atoms with van der Waals surface area (Å²) in [6.07, 6.45) is 0.710. The van der Waals surface area contributed by atoms with Crippen LogP contribution in [0.15, 0.2) is 24.3 Å². The number of rotatable bonds is 4. The molecule has 108 valence electrons. The first-order valence-corrected chi connectivity index (χ1v) is 7.13. The molecule has 1 aromatic rings. The molecule has 2 N–H and O–H groups in total. The fourth-order valence-corrected chi connectivity index (χ4v) is 2.96. The van der Waals surface area contributed by atoms with Gasteiger partial charge in [-0.3, -0.25) is 15.5 Å². The Balaban J connectivity index is 2.27. The molecule has 1 atom stereocenters. The summed E-state index contributed by atoms with van der Waals surface area (Å²) in [5.41, 5.74) is 0.321. The smallest absolute Gasteiger partial charge is 0.252 e.